The predicted molar refractivity (Wildman–Crippen MR) is 74.0 cm³/mol. The van der Waals surface area contributed by atoms with Crippen LogP contribution >= 0.6 is 11.6 Å². The predicted octanol–water partition coefficient (Wildman–Crippen LogP) is 3.75. The number of aryl methyl sites for hydroxylation is 2. The van der Waals surface area contributed by atoms with Crippen LogP contribution in [0.1, 0.15) is 25.1 Å². The van der Waals surface area contributed by atoms with E-state index >= 15 is 0 Å². The third-order valence-electron chi connectivity index (χ3n) is 2.81. The zero-order valence-electron chi connectivity index (χ0n) is 10.9. The van der Waals surface area contributed by atoms with Crippen molar-refractivity contribution >= 4 is 11.6 Å². The van der Waals surface area contributed by atoms with Gasteiger partial charge in [-0.3, -0.25) is 0 Å². The molecule has 0 fully saturated rings. The number of rotatable bonds is 4. The third-order valence-corrected chi connectivity index (χ3v) is 3.11. The van der Waals surface area contributed by atoms with Crippen LogP contribution in [0.2, 0.25) is 5.02 Å². The Morgan fingerprint density at radius 2 is 2.00 bits per heavy atom. The standard InChI is InChI=1S/C14H15ClN2O2/c1-3-9-5-6-12(10(15)7-9)19-14-13(18)11(4-2)16-8-17-14/h5-8,18H,3-4H2,1-2H3. The SMILES string of the molecule is CCc1ccc(Oc2ncnc(CC)c2O)c(Cl)c1. The van der Waals surface area contributed by atoms with Crippen LogP contribution in [0.4, 0.5) is 0 Å². The summed E-state index contributed by atoms with van der Waals surface area (Å²) in [4.78, 5) is 7.90. The highest BCUT2D eigenvalue weighted by atomic mass is 35.5. The second-order valence-electron chi connectivity index (χ2n) is 4.05. The van der Waals surface area contributed by atoms with E-state index in [1.165, 1.54) is 6.33 Å². The lowest BCUT2D eigenvalue weighted by Crippen LogP contribution is -1.95. The molecule has 1 N–H and O–H groups in total. The lowest BCUT2D eigenvalue weighted by molar-refractivity contribution is 0.390. The molecule has 0 amide bonds. The first-order valence-corrected chi connectivity index (χ1v) is 6.52. The van der Waals surface area contributed by atoms with Gasteiger partial charge in [0.15, 0.2) is 0 Å². The van der Waals surface area contributed by atoms with Gasteiger partial charge in [0.1, 0.15) is 12.1 Å². The van der Waals surface area contributed by atoms with E-state index in [0.29, 0.717) is 22.9 Å². The Hall–Kier alpha value is -1.81. The van der Waals surface area contributed by atoms with Gasteiger partial charge in [0.05, 0.1) is 10.7 Å². The Labute approximate surface area is 117 Å². The number of hydrogen-bond donors (Lipinski definition) is 1. The van der Waals surface area contributed by atoms with Crippen molar-refractivity contribution in [3.05, 3.63) is 40.8 Å². The van der Waals surface area contributed by atoms with Gasteiger partial charge in [0.2, 0.25) is 5.75 Å². The second kappa shape index (κ2) is 5.89. The normalized spacial score (nSPS) is 10.5. The monoisotopic (exact) mass is 278 g/mol. The number of aromatic hydroxyl groups is 1. The van der Waals surface area contributed by atoms with E-state index in [1.54, 1.807) is 6.07 Å². The summed E-state index contributed by atoms with van der Waals surface area (Å²) >= 11 is 6.13. The topological polar surface area (TPSA) is 55.2 Å². The number of halogens is 1. The molecule has 0 radical (unpaired) electrons. The maximum atomic E-state index is 9.95. The van der Waals surface area contributed by atoms with Crippen LogP contribution in [0.15, 0.2) is 24.5 Å². The molecule has 0 saturated carbocycles. The van der Waals surface area contributed by atoms with E-state index in [2.05, 4.69) is 16.9 Å². The largest absolute Gasteiger partial charge is 0.502 e. The van der Waals surface area contributed by atoms with Crippen LogP contribution in [-0.2, 0) is 12.8 Å². The van der Waals surface area contributed by atoms with Gasteiger partial charge in [-0.25, -0.2) is 4.98 Å². The molecule has 19 heavy (non-hydrogen) atoms. The maximum absolute atomic E-state index is 9.95. The Morgan fingerprint density at radius 1 is 1.21 bits per heavy atom. The number of nitrogens with zero attached hydrogens (tertiary/aromatic N) is 2. The van der Waals surface area contributed by atoms with E-state index in [0.717, 1.165) is 12.0 Å². The molecule has 1 heterocycles. The van der Waals surface area contributed by atoms with Crippen molar-refractivity contribution < 1.29 is 9.84 Å². The lowest BCUT2D eigenvalue weighted by Gasteiger charge is -2.10. The first kappa shape index (κ1) is 13.6. The smallest absolute Gasteiger partial charge is 0.265 e. The quantitative estimate of drug-likeness (QED) is 0.925. The Kier molecular flexibility index (Phi) is 4.22. The van der Waals surface area contributed by atoms with Crippen LogP contribution in [0.5, 0.6) is 17.4 Å². The van der Waals surface area contributed by atoms with Gasteiger partial charge in [-0.15, -0.1) is 0 Å². The summed E-state index contributed by atoms with van der Waals surface area (Å²) in [5, 5.41) is 10.4. The molecule has 0 aliphatic carbocycles. The van der Waals surface area contributed by atoms with E-state index in [1.807, 2.05) is 19.1 Å². The summed E-state index contributed by atoms with van der Waals surface area (Å²) < 4.78 is 5.55. The van der Waals surface area contributed by atoms with Gasteiger partial charge in [0, 0.05) is 0 Å². The van der Waals surface area contributed by atoms with Crippen molar-refractivity contribution in [2.45, 2.75) is 26.7 Å². The molecule has 0 spiro atoms. The first-order valence-electron chi connectivity index (χ1n) is 6.14. The summed E-state index contributed by atoms with van der Waals surface area (Å²) in [5.41, 5.74) is 1.67. The molecule has 4 nitrogen and oxygen atoms in total. The minimum atomic E-state index is -0.0411. The van der Waals surface area contributed by atoms with Gasteiger partial charge in [-0.1, -0.05) is 31.5 Å². The molecule has 100 valence electrons. The number of ether oxygens (including phenoxy) is 1. The van der Waals surface area contributed by atoms with Crippen LogP contribution in [0.25, 0.3) is 0 Å². The average Bonchev–Trinajstić information content (AvgIpc) is 2.43. The summed E-state index contributed by atoms with van der Waals surface area (Å²) in [6.07, 6.45) is 2.87. The maximum Gasteiger partial charge on any atom is 0.265 e. The van der Waals surface area contributed by atoms with Crippen molar-refractivity contribution in [1.82, 2.24) is 9.97 Å². The summed E-state index contributed by atoms with van der Waals surface area (Å²) in [7, 11) is 0. The van der Waals surface area contributed by atoms with E-state index in [4.69, 9.17) is 16.3 Å². The zero-order valence-corrected chi connectivity index (χ0v) is 11.6. The second-order valence-corrected chi connectivity index (χ2v) is 4.46. The minimum Gasteiger partial charge on any atom is -0.502 e. The third kappa shape index (κ3) is 2.96. The number of aromatic nitrogens is 2. The van der Waals surface area contributed by atoms with Crippen molar-refractivity contribution in [3.8, 4) is 17.4 Å². The fourth-order valence-corrected chi connectivity index (χ4v) is 1.92. The van der Waals surface area contributed by atoms with Crippen LogP contribution in [0, 0.1) is 0 Å². The fraction of sp³-hybridized carbons (Fsp3) is 0.286. The fourth-order valence-electron chi connectivity index (χ4n) is 1.68. The highest BCUT2D eigenvalue weighted by Crippen LogP contribution is 2.34. The lowest BCUT2D eigenvalue weighted by atomic mass is 10.2. The molecule has 0 saturated heterocycles. The summed E-state index contributed by atoms with van der Waals surface area (Å²) in [6, 6.07) is 5.55. The van der Waals surface area contributed by atoms with Gasteiger partial charge >= 0.3 is 0 Å². The molecule has 0 unspecified atom stereocenters. The number of benzene rings is 1. The average molecular weight is 279 g/mol. The molecule has 5 heteroatoms. The Balaban J connectivity index is 2.31. The van der Waals surface area contributed by atoms with Crippen molar-refractivity contribution in [2.75, 3.05) is 0 Å². The number of hydrogen-bond acceptors (Lipinski definition) is 4. The van der Waals surface area contributed by atoms with Crippen LogP contribution in [0.3, 0.4) is 0 Å². The molecule has 0 aliphatic rings. The molecule has 0 aliphatic heterocycles. The van der Waals surface area contributed by atoms with Gasteiger partial charge < -0.3 is 9.84 Å². The molecule has 2 aromatic rings. The van der Waals surface area contributed by atoms with Crippen molar-refractivity contribution in [2.24, 2.45) is 0 Å². The molecule has 2 rings (SSSR count). The molecular weight excluding hydrogens is 264 g/mol. The molecule has 1 aromatic heterocycles. The van der Waals surface area contributed by atoms with Gasteiger partial charge in [-0.05, 0) is 30.5 Å². The molecular formula is C14H15ClN2O2. The highest BCUT2D eigenvalue weighted by molar-refractivity contribution is 6.32. The van der Waals surface area contributed by atoms with E-state index in [9.17, 15) is 5.11 Å². The zero-order chi connectivity index (χ0) is 13.8. The Bertz CT molecular complexity index is 588. The molecule has 1 aromatic carbocycles. The van der Waals surface area contributed by atoms with E-state index in [-0.39, 0.29) is 11.6 Å². The van der Waals surface area contributed by atoms with Crippen molar-refractivity contribution in [3.63, 3.8) is 0 Å². The van der Waals surface area contributed by atoms with Crippen LogP contribution < -0.4 is 4.74 Å². The highest BCUT2D eigenvalue weighted by Gasteiger charge is 2.12. The molecule has 0 atom stereocenters. The van der Waals surface area contributed by atoms with Crippen molar-refractivity contribution in [1.29, 1.82) is 0 Å². The van der Waals surface area contributed by atoms with Crippen LogP contribution in [-0.4, -0.2) is 15.1 Å². The molecule has 0 bridgehead atoms. The van der Waals surface area contributed by atoms with Gasteiger partial charge in [0.25, 0.3) is 5.88 Å². The first-order chi connectivity index (χ1) is 9.15. The summed E-state index contributed by atoms with van der Waals surface area (Å²) in [5.74, 6) is 0.550. The Morgan fingerprint density at radius 3 is 2.63 bits per heavy atom. The van der Waals surface area contributed by atoms with E-state index < -0.39 is 0 Å². The van der Waals surface area contributed by atoms with Gasteiger partial charge in [-0.2, -0.15) is 4.98 Å². The minimum absolute atomic E-state index is 0.0411. The summed E-state index contributed by atoms with van der Waals surface area (Å²) in [6.45, 7) is 3.95.